The van der Waals surface area contributed by atoms with Crippen molar-refractivity contribution < 1.29 is 9.59 Å². The van der Waals surface area contributed by atoms with Gasteiger partial charge in [-0.05, 0) is 50.3 Å². The van der Waals surface area contributed by atoms with Crippen LogP contribution >= 0.6 is 0 Å². The molecule has 1 unspecified atom stereocenters. The quantitative estimate of drug-likeness (QED) is 0.860. The van der Waals surface area contributed by atoms with Crippen LogP contribution in [0.4, 0.5) is 16.2 Å². The van der Waals surface area contributed by atoms with Gasteiger partial charge >= 0.3 is 6.03 Å². The highest BCUT2D eigenvalue weighted by atomic mass is 16.2. The van der Waals surface area contributed by atoms with Crippen molar-refractivity contribution in [1.82, 2.24) is 4.90 Å². The molecule has 5 nitrogen and oxygen atoms in total. The van der Waals surface area contributed by atoms with Gasteiger partial charge in [0.25, 0.3) is 0 Å². The molecule has 1 aromatic carbocycles. The smallest absolute Gasteiger partial charge is 0.321 e. The summed E-state index contributed by atoms with van der Waals surface area (Å²) >= 11 is 0. The summed E-state index contributed by atoms with van der Waals surface area (Å²) in [6.07, 6.45) is 6.25. The van der Waals surface area contributed by atoms with E-state index in [1.54, 1.807) is 4.90 Å². The Balaban J connectivity index is 2.04. The van der Waals surface area contributed by atoms with Gasteiger partial charge in [0.1, 0.15) is 0 Å². The summed E-state index contributed by atoms with van der Waals surface area (Å²) in [6, 6.07) is 5.65. The minimum absolute atomic E-state index is 0.101. The van der Waals surface area contributed by atoms with Gasteiger partial charge in [-0.3, -0.25) is 4.79 Å². The third-order valence-corrected chi connectivity index (χ3v) is 5.15. The molecule has 0 bridgehead atoms. The molecule has 1 fully saturated rings. The zero-order valence-corrected chi connectivity index (χ0v) is 15.2. The zero-order chi connectivity index (χ0) is 17.7. The average molecular weight is 331 g/mol. The van der Waals surface area contributed by atoms with Crippen molar-refractivity contribution in [3.8, 4) is 0 Å². The van der Waals surface area contributed by atoms with Crippen molar-refractivity contribution in [3.63, 3.8) is 0 Å². The second-order valence-corrected chi connectivity index (χ2v) is 6.84. The maximum atomic E-state index is 12.6. The van der Waals surface area contributed by atoms with E-state index in [2.05, 4.69) is 17.6 Å². The first-order chi connectivity index (χ1) is 11.4. The number of carbonyl (C=O) groups excluding carboxylic acids is 2. The van der Waals surface area contributed by atoms with Crippen LogP contribution in [0, 0.1) is 12.8 Å². The lowest BCUT2D eigenvalue weighted by molar-refractivity contribution is -0.114. The first-order valence-corrected chi connectivity index (χ1v) is 8.81. The van der Waals surface area contributed by atoms with Crippen molar-refractivity contribution in [2.75, 3.05) is 17.7 Å². The summed E-state index contributed by atoms with van der Waals surface area (Å²) in [4.78, 5) is 25.7. The van der Waals surface area contributed by atoms with Gasteiger partial charge in [-0.25, -0.2) is 4.79 Å². The summed E-state index contributed by atoms with van der Waals surface area (Å²) in [6.45, 7) is 5.51. The minimum Gasteiger partial charge on any atom is -0.326 e. The summed E-state index contributed by atoms with van der Waals surface area (Å²) in [7, 11) is 1.86. The lowest BCUT2D eigenvalue weighted by Crippen LogP contribution is -2.42. The highest BCUT2D eigenvalue weighted by Gasteiger charge is 2.26. The molecule has 1 aliphatic carbocycles. The van der Waals surface area contributed by atoms with Gasteiger partial charge in [-0.2, -0.15) is 0 Å². The maximum Gasteiger partial charge on any atom is 0.321 e. The van der Waals surface area contributed by atoms with Crippen LogP contribution in [0.1, 0.15) is 51.5 Å². The Morgan fingerprint density at radius 2 is 1.71 bits per heavy atom. The summed E-state index contributed by atoms with van der Waals surface area (Å²) < 4.78 is 0. The fourth-order valence-corrected chi connectivity index (χ4v) is 3.42. The van der Waals surface area contributed by atoms with Crippen LogP contribution < -0.4 is 10.6 Å². The van der Waals surface area contributed by atoms with Crippen LogP contribution in [0.3, 0.4) is 0 Å². The number of hydrogen-bond donors (Lipinski definition) is 2. The molecule has 24 heavy (non-hydrogen) atoms. The van der Waals surface area contributed by atoms with E-state index in [1.165, 1.54) is 39.0 Å². The van der Waals surface area contributed by atoms with E-state index in [-0.39, 0.29) is 18.0 Å². The summed E-state index contributed by atoms with van der Waals surface area (Å²) in [5.41, 5.74) is 2.32. The average Bonchev–Trinajstić information content (AvgIpc) is 2.57. The molecule has 1 atom stereocenters. The van der Waals surface area contributed by atoms with Crippen molar-refractivity contribution in [2.45, 2.75) is 58.9 Å². The van der Waals surface area contributed by atoms with E-state index in [0.29, 0.717) is 5.92 Å². The lowest BCUT2D eigenvalue weighted by Gasteiger charge is -2.34. The van der Waals surface area contributed by atoms with Crippen LogP contribution in [-0.2, 0) is 4.79 Å². The van der Waals surface area contributed by atoms with Crippen molar-refractivity contribution in [2.24, 2.45) is 5.92 Å². The normalized spacial score (nSPS) is 16.3. The predicted octanol–water partition coefficient (Wildman–Crippen LogP) is 4.39. The van der Waals surface area contributed by atoms with Gasteiger partial charge in [0.05, 0.1) is 0 Å². The Morgan fingerprint density at radius 1 is 1.12 bits per heavy atom. The summed E-state index contributed by atoms with van der Waals surface area (Å²) in [5.74, 6) is 0.464. The number of urea groups is 1. The van der Waals surface area contributed by atoms with E-state index < -0.39 is 0 Å². The molecule has 1 aliphatic rings. The molecule has 0 spiro atoms. The van der Waals surface area contributed by atoms with E-state index in [9.17, 15) is 9.59 Å². The van der Waals surface area contributed by atoms with Crippen LogP contribution in [0.2, 0.25) is 0 Å². The van der Waals surface area contributed by atoms with Crippen LogP contribution in [0.15, 0.2) is 18.2 Å². The molecule has 1 saturated carbocycles. The third-order valence-electron chi connectivity index (χ3n) is 5.15. The number of carbonyl (C=O) groups is 2. The number of hydrogen-bond acceptors (Lipinski definition) is 2. The number of benzene rings is 1. The first kappa shape index (κ1) is 18.3. The lowest BCUT2D eigenvalue weighted by atomic mass is 9.84. The number of nitrogens with zero attached hydrogens (tertiary/aromatic N) is 1. The first-order valence-electron chi connectivity index (χ1n) is 8.81. The molecule has 2 N–H and O–H groups in total. The number of rotatable bonds is 4. The molecule has 0 aromatic heterocycles. The highest BCUT2D eigenvalue weighted by Crippen LogP contribution is 2.29. The monoisotopic (exact) mass is 331 g/mol. The molecular formula is C19H29N3O2. The Labute approximate surface area is 144 Å². The second-order valence-electron chi connectivity index (χ2n) is 6.84. The van der Waals surface area contributed by atoms with Crippen molar-refractivity contribution >= 4 is 23.3 Å². The molecule has 5 heteroatoms. The SMILES string of the molecule is CC(=O)Nc1cccc(NC(=O)N(C)C(C)C2CCCCC2)c1C. The van der Waals surface area contributed by atoms with Crippen LogP contribution in [-0.4, -0.2) is 29.9 Å². The van der Waals surface area contributed by atoms with Crippen LogP contribution in [0.25, 0.3) is 0 Å². The molecule has 0 heterocycles. The van der Waals surface area contributed by atoms with Gasteiger partial charge in [0, 0.05) is 31.4 Å². The molecule has 0 saturated heterocycles. The fourth-order valence-electron chi connectivity index (χ4n) is 3.42. The van der Waals surface area contributed by atoms with Crippen LogP contribution in [0.5, 0.6) is 0 Å². The van der Waals surface area contributed by atoms with Gasteiger partial charge < -0.3 is 15.5 Å². The largest absolute Gasteiger partial charge is 0.326 e. The third kappa shape index (κ3) is 4.49. The van der Waals surface area contributed by atoms with E-state index >= 15 is 0 Å². The standard InChI is InChI=1S/C19H29N3O2/c1-13-17(20-15(3)23)11-8-12-18(13)21-19(24)22(4)14(2)16-9-6-5-7-10-16/h8,11-12,14,16H,5-7,9-10H2,1-4H3,(H,20,23)(H,21,24). The molecular weight excluding hydrogens is 302 g/mol. The molecule has 1 aromatic rings. The Morgan fingerprint density at radius 3 is 2.29 bits per heavy atom. The molecule has 0 aliphatic heterocycles. The van der Waals surface area contributed by atoms with E-state index in [0.717, 1.165) is 16.9 Å². The van der Waals surface area contributed by atoms with Gasteiger partial charge in [-0.1, -0.05) is 25.3 Å². The number of nitrogens with one attached hydrogen (secondary N) is 2. The van der Waals surface area contributed by atoms with Gasteiger partial charge in [0.2, 0.25) is 5.91 Å². The topological polar surface area (TPSA) is 61.4 Å². The Hall–Kier alpha value is -2.04. The molecule has 2 rings (SSSR count). The predicted molar refractivity (Wildman–Crippen MR) is 98.3 cm³/mol. The van der Waals surface area contributed by atoms with Gasteiger partial charge in [-0.15, -0.1) is 0 Å². The second kappa shape index (κ2) is 8.18. The summed E-state index contributed by atoms with van der Waals surface area (Å²) in [5, 5.41) is 5.77. The van der Waals surface area contributed by atoms with E-state index in [4.69, 9.17) is 0 Å². The number of amides is 3. The van der Waals surface area contributed by atoms with Crippen molar-refractivity contribution in [1.29, 1.82) is 0 Å². The fraction of sp³-hybridized carbons (Fsp3) is 0.579. The van der Waals surface area contributed by atoms with Crippen molar-refractivity contribution in [3.05, 3.63) is 23.8 Å². The molecule has 3 amide bonds. The number of anilines is 2. The Bertz CT molecular complexity index is 594. The maximum absolute atomic E-state index is 12.6. The minimum atomic E-state index is -0.121. The van der Waals surface area contributed by atoms with Gasteiger partial charge in [0.15, 0.2) is 0 Å². The highest BCUT2D eigenvalue weighted by molar-refractivity contribution is 5.94. The zero-order valence-electron chi connectivity index (χ0n) is 15.2. The molecule has 132 valence electrons. The van der Waals surface area contributed by atoms with E-state index in [1.807, 2.05) is 32.2 Å². The Kier molecular flexibility index (Phi) is 6.23. The molecule has 0 radical (unpaired) electrons.